The van der Waals surface area contributed by atoms with Crippen LogP contribution in [0.15, 0.2) is 149 Å². The first-order valence-corrected chi connectivity index (χ1v) is 42.9. The molecule has 2 aliphatic rings. The lowest BCUT2D eigenvalue weighted by molar-refractivity contribution is 0.481. The van der Waals surface area contributed by atoms with Crippen LogP contribution in [-0.2, 0) is 40.5 Å². The number of hydrogen-bond acceptors (Lipinski definition) is 9. The Morgan fingerprint density at radius 2 is 0.769 bits per heavy atom. The monoisotopic (exact) mass is 1430 g/mol. The first kappa shape index (κ1) is 80.8. The van der Waals surface area contributed by atoms with E-state index in [4.69, 9.17) is 33.3 Å². The number of ether oxygens (including phenoxy) is 3. The molecule has 7 aromatic rings. The number of unbranched alkanes of at least 4 members (excludes halogenated alkanes) is 36. The zero-order chi connectivity index (χ0) is 73.0. The Hall–Kier alpha value is -7.29. The summed E-state index contributed by atoms with van der Waals surface area (Å²) in [4.78, 5) is 17.5. The summed E-state index contributed by atoms with van der Waals surface area (Å²) in [5.41, 5.74) is 6.23. The minimum atomic E-state index is -3.99. The molecule has 3 heterocycles. The maximum absolute atomic E-state index is 12.9. The van der Waals surface area contributed by atoms with E-state index in [-0.39, 0.29) is 5.84 Å². The third kappa shape index (κ3) is 26.9. The Balaban J connectivity index is 0.924. The van der Waals surface area contributed by atoms with Crippen molar-refractivity contribution in [3.05, 3.63) is 173 Å². The number of rotatable bonds is 52. The molecule has 1 aromatic heterocycles. The number of hydrogen-bond donors (Lipinski definition) is 1. The van der Waals surface area contributed by atoms with E-state index < -0.39 is 17.2 Å². The summed E-state index contributed by atoms with van der Waals surface area (Å²) in [6.07, 6.45) is 57.8. The molecule has 0 saturated heterocycles. The standard InChI is InChI=1S/C90H125BN6O6S/c1-7-10-13-16-19-22-25-28-31-34-37-40-43-49-71-52-46-55-75(64-71)100-78-59-58-74-70-96(5)89(83(74)67-78)94-87-81-62-60-80(102-77-57-48-54-73(66-77)51-45-42-39-36-33-30-27-24-21-18-15-12-9-3)69-85(81)88(93-87)95-90-82-63-61-79(68-84(82)86(92)97(90)91(4)103-104(6,98)99)101-76-56-47-53-72(65-76)50-44-41-38-35-32-29-26-23-20-17-14-11-8-2/h46-48,52-70,92H,7-45,49-51H2,1-6H3. The first-order chi connectivity index (χ1) is 50.9. The number of benzene rings is 6. The lowest BCUT2D eigenvalue weighted by Crippen LogP contribution is -2.45. The van der Waals surface area contributed by atoms with E-state index in [1.165, 1.54) is 259 Å². The second-order valence-electron chi connectivity index (χ2n) is 29.9. The molecule has 0 radical (unpaired) electrons. The fourth-order valence-corrected chi connectivity index (χ4v) is 15.5. The second kappa shape index (κ2) is 44.6. The molecule has 0 atom stereocenters. The third-order valence-corrected chi connectivity index (χ3v) is 21.4. The van der Waals surface area contributed by atoms with Gasteiger partial charge in [-0.3, -0.25) is 5.41 Å². The van der Waals surface area contributed by atoms with Gasteiger partial charge in [-0.15, -0.1) is 0 Å². The van der Waals surface area contributed by atoms with Gasteiger partial charge in [0.25, 0.3) is 10.1 Å². The van der Waals surface area contributed by atoms with E-state index in [2.05, 4.69) is 87.6 Å². The number of aryl methyl sites for hydroxylation is 4. The average molecular weight is 1430 g/mol. The van der Waals surface area contributed by atoms with Gasteiger partial charge in [-0.2, -0.15) is 0 Å². The zero-order valence-electron chi connectivity index (χ0n) is 64.6. The zero-order valence-corrected chi connectivity index (χ0v) is 65.4. The van der Waals surface area contributed by atoms with Gasteiger partial charge in [-0.25, -0.2) is 23.4 Å². The molecular weight excluding hydrogens is 1300 g/mol. The van der Waals surface area contributed by atoms with Gasteiger partial charge in [-0.05, 0) is 153 Å². The lowest BCUT2D eigenvalue weighted by atomic mass is 9.85. The number of amidine groups is 4. The van der Waals surface area contributed by atoms with Crippen LogP contribution in [0.1, 0.15) is 310 Å². The molecule has 560 valence electrons. The Bertz CT molecular complexity index is 3970. The van der Waals surface area contributed by atoms with E-state index in [1.54, 1.807) is 6.82 Å². The Labute approximate surface area is 627 Å². The van der Waals surface area contributed by atoms with E-state index in [0.29, 0.717) is 63.0 Å². The van der Waals surface area contributed by atoms with Crippen molar-refractivity contribution in [3.63, 3.8) is 0 Å². The maximum Gasteiger partial charge on any atom is 0.437 e. The average Bonchev–Trinajstić information content (AvgIpc) is 1.60. The largest absolute Gasteiger partial charge is 0.457 e. The van der Waals surface area contributed by atoms with Gasteiger partial charge < -0.3 is 27.7 Å². The maximum atomic E-state index is 12.9. The van der Waals surface area contributed by atoms with Gasteiger partial charge in [-0.1, -0.05) is 288 Å². The van der Waals surface area contributed by atoms with Crippen molar-refractivity contribution >= 4 is 57.1 Å². The quantitative estimate of drug-likeness (QED) is 0.0296. The first-order valence-electron chi connectivity index (χ1n) is 41.1. The SMILES string of the molecule is CCCCCCCCCCCCCCCc1cccc(Oc2ccc3c(c2)C(=N)N(B(C)OS(C)(=O)=O)C3=NC2=NC(=Nc3c4cc(Oc5cccc(CCCCCCCCCCCCCCC)c5)ccc4cn3C)c3ccc(Oc4cccc(CCCCCCCCCCCCCCC)c4)cc32)c1. The molecule has 0 bridgehead atoms. The van der Waals surface area contributed by atoms with E-state index in [9.17, 15) is 13.8 Å². The summed E-state index contributed by atoms with van der Waals surface area (Å²) in [7, 11) is -3.15. The molecule has 0 saturated carbocycles. The van der Waals surface area contributed by atoms with Crippen molar-refractivity contribution in [2.24, 2.45) is 22.0 Å². The summed E-state index contributed by atoms with van der Waals surface area (Å²) in [5.74, 6) is 5.81. The third-order valence-electron chi connectivity index (χ3n) is 20.8. The number of aliphatic imine (C=N–C) groups is 3. The van der Waals surface area contributed by atoms with Crippen molar-refractivity contribution in [1.82, 2.24) is 9.38 Å². The van der Waals surface area contributed by atoms with Crippen LogP contribution in [0.2, 0.25) is 6.82 Å². The molecule has 0 spiro atoms. The van der Waals surface area contributed by atoms with Crippen LogP contribution in [0.5, 0.6) is 34.5 Å². The summed E-state index contributed by atoms with van der Waals surface area (Å²) in [6, 6.07) is 42.8. The fraction of sp³-hybridized carbons (Fsp3) is 0.533. The van der Waals surface area contributed by atoms with Crippen LogP contribution in [0, 0.1) is 5.41 Å². The minimum Gasteiger partial charge on any atom is -0.457 e. The smallest absolute Gasteiger partial charge is 0.437 e. The van der Waals surface area contributed by atoms with Crippen LogP contribution in [-0.4, -0.2) is 54.4 Å². The van der Waals surface area contributed by atoms with Crippen molar-refractivity contribution in [3.8, 4) is 34.5 Å². The minimum absolute atomic E-state index is 0.00910. The highest BCUT2D eigenvalue weighted by Crippen LogP contribution is 2.38. The van der Waals surface area contributed by atoms with Gasteiger partial charge in [0, 0.05) is 46.3 Å². The summed E-state index contributed by atoms with van der Waals surface area (Å²) in [6.45, 7) is 8.46. The van der Waals surface area contributed by atoms with Crippen LogP contribution >= 0.6 is 0 Å². The summed E-state index contributed by atoms with van der Waals surface area (Å²) >= 11 is 0. The molecule has 0 unspecified atom stereocenters. The Kier molecular flexibility index (Phi) is 34.7. The second-order valence-corrected chi connectivity index (χ2v) is 31.5. The molecular formula is C90H125BN6O6S. The number of fused-ring (bicyclic) bond motifs is 3. The fourth-order valence-electron chi connectivity index (χ4n) is 14.9. The van der Waals surface area contributed by atoms with Crippen molar-refractivity contribution < 1.29 is 26.7 Å². The normalized spacial score (nSPS) is 13.6. The number of nitrogens with zero attached hydrogens (tertiary/aromatic N) is 5. The molecule has 6 aromatic carbocycles. The molecule has 0 amide bonds. The van der Waals surface area contributed by atoms with Gasteiger partial charge in [0.15, 0.2) is 11.7 Å². The van der Waals surface area contributed by atoms with Gasteiger partial charge in [0.1, 0.15) is 52.0 Å². The van der Waals surface area contributed by atoms with E-state index in [1.807, 2.05) is 78.3 Å². The molecule has 0 aliphatic carbocycles. The Morgan fingerprint density at radius 1 is 0.413 bits per heavy atom. The van der Waals surface area contributed by atoms with Crippen LogP contribution < -0.4 is 14.2 Å². The van der Waals surface area contributed by atoms with Gasteiger partial charge >= 0.3 is 7.05 Å². The van der Waals surface area contributed by atoms with Crippen LogP contribution in [0.4, 0.5) is 5.82 Å². The van der Waals surface area contributed by atoms with Crippen LogP contribution in [0.3, 0.4) is 0 Å². The number of nitrogens with one attached hydrogen (secondary N) is 1. The van der Waals surface area contributed by atoms with Crippen LogP contribution in [0.25, 0.3) is 10.8 Å². The van der Waals surface area contributed by atoms with Crippen molar-refractivity contribution in [2.45, 2.75) is 297 Å². The highest BCUT2D eigenvalue weighted by atomic mass is 32.2. The van der Waals surface area contributed by atoms with Gasteiger partial charge in [0.05, 0.1) is 6.26 Å². The molecule has 14 heteroatoms. The molecule has 1 N–H and O–H groups in total. The molecule has 104 heavy (non-hydrogen) atoms. The molecule has 0 fully saturated rings. The lowest BCUT2D eigenvalue weighted by Gasteiger charge is -2.23. The Morgan fingerprint density at radius 3 is 1.17 bits per heavy atom. The van der Waals surface area contributed by atoms with Crippen molar-refractivity contribution in [2.75, 3.05) is 6.26 Å². The summed E-state index contributed by atoms with van der Waals surface area (Å²) < 4.78 is 53.5. The van der Waals surface area contributed by atoms with Crippen molar-refractivity contribution in [1.29, 1.82) is 5.41 Å². The number of aromatic nitrogens is 1. The van der Waals surface area contributed by atoms with E-state index >= 15 is 0 Å². The highest BCUT2D eigenvalue weighted by Gasteiger charge is 2.40. The predicted molar refractivity (Wildman–Crippen MR) is 439 cm³/mol. The van der Waals surface area contributed by atoms with E-state index in [0.717, 1.165) is 66.2 Å². The predicted octanol–water partition coefficient (Wildman–Crippen LogP) is 26.5. The molecule has 12 nitrogen and oxygen atoms in total. The molecule has 9 rings (SSSR count). The van der Waals surface area contributed by atoms with Gasteiger partial charge in [0.2, 0.25) is 0 Å². The molecule has 2 aliphatic heterocycles. The summed E-state index contributed by atoms with van der Waals surface area (Å²) in [5, 5.41) is 11.6. The highest BCUT2D eigenvalue weighted by molar-refractivity contribution is 7.86. The topological polar surface area (TPSA) is 140 Å².